The Kier molecular flexibility index (Phi) is 4.83. The average molecular weight is 370 g/mol. The van der Waals surface area contributed by atoms with Crippen molar-refractivity contribution in [2.75, 3.05) is 45.8 Å². The van der Waals surface area contributed by atoms with Gasteiger partial charge in [-0.05, 0) is 24.9 Å². The zero-order valence-electron chi connectivity index (χ0n) is 14.8. The Labute approximate surface area is 150 Å². The molecule has 5 nitrogen and oxygen atoms in total. The number of aromatic nitrogens is 1. The number of nitrogens with zero attached hydrogens (tertiary/aromatic N) is 3. The number of alkyl halides is 3. The summed E-state index contributed by atoms with van der Waals surface area (Å²) in [7, 11) is 0. The molecule has 0 aliphatic carbocycles. The van der Waals surface area contributed by atoms with Gasteiger partial charge in [-0.15, -0.1) is 0 Å². The summed E-state index contributed by atoms with van der Waals surface area (Å²) < 4.78 is 39.4. The standard InChI is InChI=1S/C18H25F3N4O/c19-18(20,21)12-24-5-3-23(4-6-24)11-14-1-2-16-15-7-13(8-22-9-15)10-25(16)17(14)26/h1-2,13,15,22H,3-12H2/t13-,15+/m0/s1. The van der Waals surface area contributed by atoms with Crippen molar-refractivity contribution >= 4 is 0 Å². The zero-order chi connectivity index (χ0) is 18.3. The van der Waals surface area contributed by atoms with E-state index in [9.17, 15) is 18.0 Å². The topological polar surface area (TPSA) is 40.5 Å². The number of piperidine rings is 1. The Balaban J connectivity index is 1.42. The van der Waals surface area contributed by atoms with E-state index in [-0.39, 0.29) is 5.56 Å². The van der Waals surface area contributed by atoms with E-state index in [0.717, 1.165) is 37.3 Å². The number of rotatable bonds is 3. The van der Waals surface area contributed by atoms with E-state index in [1.54, 1.807) is 0 Å². The van der Waals surface area contributed by atoms with E-state index in [1.165, 1.54) is 4.90 Å². The molecule has 0 spiro atoms. The summed E-state index contributed by atoms with van der Waals surface area (Å²) in [6.45, 7) is 4.24. The SMILES string of the molecule is O=c1c(CN2CCN(CC(F)(F)F)CC2)ccc2n1C[C@@H]1CNC[C@H]2C1. The Bertz CT molecular complexity index is 709. The third-order valence-electron chi connectivity index (χ3n) is 5.85. The molecule has 1 aromatic rings. The van der Waals surface area contributed by atoms with E-state index >= 15 is 0 Å². The molecule has 2 bridgehead atoms. The largest absolute Gasteiger partial charge is 0.401 e. The molecule has 0 radical (unpaired) electrons. The molecule has 1 aromatic heterocycles. The quantitative estimate of drug-likeness (QED) is 0.869. The maximum atomic E-state index is 12.9. The van der Waals surface area contributed by atoms with Crippen LogP contribution in [0.5, 0.6) is 0 Å². The first-order valence-electron chi connectivity index (χ1n) is 9.34. The normalized spacial score (nSPS) is 27.3. The number of halogens is 3. The fourth-order valence-corrected chi connectivity index (χ4v) is 4.56. The first-order chi connectivity index (χ1) is 12.4. The smallest absolute Gasteiger partial charge is 0.316 e. The van der Waals surface area contributed by atoms with Crippen molar-refractivity contribution in [1.29, 1.82) is 0 Å². The van der Waals surface area contributed by atoms with Gasteiger partial charge in [-0.3, -0.25) is 14.6 Å². The first kappa shape index (κ1) is 18.0. The van der Waals surface area contributed by atoms with Crippen LogP contribution < -0.4 is 10.9 Å². The van der Waals surface area contributed by atoms with Crippen molar-refractivity contribution in [2.45, 2.75) is 31.6 Å². The Hall–Kier alpha value is -1.38. The Morgan fingerprint density at radius 1 is 1.08 bits per heavy atom. The van der Waals surface area contributed by atoms with Crippen LogP contribution in [0.25, 0.3) is 0 Å². The molecule has 26 heavy (non-hydrogen) atoms. The third kappa shape index (κ3) is 3.82. The summed E-state index contributed by atoms with van der Waals surface area (Å²) in [5, 5.41) is 3.44. The predicted octanol–water partition coefficient (Wildman–Crippen LogP) is 1.23. The van der Waals surface area contributed by atoms with Crippen LogP contribution in [0.1, 0.15) is 23.6 Å². The second kappa shape index (κ2) is 6.98. The molecule has 0 aromatic carbocycles. The molecule has 3 aliphatic rings. The molecule has 2 atom stereocenters. The summed E-state index contributed by atoms with van der Waals surface area (Å²) in [5.74, 6) is 0.926. The number of pyridine rings is 1. The van der Waals surface area contributed by atoms with Crippen molar-refractivity contribution in [3.8, 4) is 0 Å². The minimum absolute atomic E-state index is 0.0804. The van der Waals surface area contributed by atoms with Crippen molar-refractivity contribution in [1.82, 2.24) is 19.7 Å². The highest BCUT2D eigenvalue weighted by Gasteiger charge is 2.33. The molecule has 4 heterocycles. The second-order valence-electron chi connectivity index (χ2n) is 7.82. The Morgan fingerprint density at radius 2 is 1.81 bits per heavy atom. The van der Waals surface area contributed by atoms with E-state index < -0.39 is 12.7 Å². The van der Waals surface area contributed by atoms with Gasteiger partial charge in [-0.1, -0.05) is 6.07 Å². The summed E-state index contributed by atoms with van der Waals surface area (Å²) in [4.78, 5) is 16.4. The van der Waals surface area contributed by atoms with Crippen LogP contribution in [-0.2, 0) is 13.1 Å². The monoisotopic (exact) mass is 370 g/mol. The lowest BCUT2D eigenvalue weighted by atomic mass is 9.84. The van der Waals surface area contributed by atoms with Crippen LogP contribution >= 0.6 is 0 Å². The number of piperazine rings is 1. The van der Waals surface area contributed by atoms with Gasteiger partial charge in [0.15, 0.2) is 0 Å². The summed E-state index contributed by atoms with van der Waals surface area (Å²) >= 11 is 0. The van der Waals surface area contributed by atoms with Gasteiger partial charge in [0.2, 0.25) is 0 Å². The van der Waals surface area contributed by atoms with Gasteiger partial charge < -0.3 is 9.88 Å². The minimum atomic E-state index is -4.15. The molecular formula is C18H25F3N4O. The van der Waals surface area contributed by atoms with E-state index in [4.69, 9.17) is 0 Å². The van der Waals surface area contributed by atoms with Crippen molar-refractivity contribution in [2.24, 2.45) is 5.92 Å². The van der Waals surface area contributed by atoms with Gasteiger partial charge in [0.05, 0.1) is 6.54 Å². The zero-order valence-corrected chi connectivity index (χ0v) is 14.8. The summed E-state index contributed by atoms with van der Waals surface area (Å²) in [6.07, 6.45) is -3.00. The van der Waals surface area contributed by atoms with Gasteiger partial charge in [-0.2, -0.15) is 13.2 Å². The van der Waals surface area contributed by atoms with Gasteiger partial charge in [-0.25, -0.2) is 0 Å². The molecule has 2 fully saturated rings. The van der Waals surface area contributed by atoms with E-state index in [0.29, 0.717) is 44.6 Å². The molecule has 0 unspecified atom stereocenters. The Morgan fingerprint density at radius 3 is 2.54 bits per heavy atom. The highest BCUT2D eigenvalue weighted by atomic mass is 19.4. The molecule has 3 aliphatic heterocycles. The molecule has 0 amide bonds. The van der Waals surface area contributed by atoms with E-state index in [2.05, 4.69) is 16.3 Å². The maximum Gasteiger partial charge on any atom is 0.401 e. The van der Waals surface area contributed by atoms with Gasteiger partial charge in [0.25, 0.3) is 5.56 Å². The van der Waals surface area contributed by atoms with Crippen LogP contribution in [0, 0.1) is 5.92 Å². The molecule has 144 valence electrons. The number of nitrogens with one attached hydrogen (secondary N) is 1. The molecule has 1 N–H and O–H groups in total. The van der Waals surface area contributed by atoms with E-state index in [1.807, 2.05) is 10.6 Å². The summed E-state index contributed by atoms with van der Waals surface area (Å²) in [6, 6.07) is 4.00. The van der Waals surface area contributed by atoms with Gasteiger partial charge in [0.1, 0.15) is 0 Å². The van der Waals surface area contributed by atoms with Gasteiger partial charge in [0, 0.05) is 63.0 Å². The molecule has 2 saturated heterocycles. The third-order valence-corrected chi connectivity index (χ3v) is 5.85. The lowest BCUT2D eigenvalue weighted by Crippen LogP contribution is -2.49. The molecule has 8 heteroatoms. The predicted molar refractivity (Wildman–Crippen MR) is 92.2 cm³/mol. The van der Waals surface area contributed by atoms with Crippen LogP contribution in [0.4, 0.5) is 13.2 Å². The first-order valence-corrected chi connectivity index (χ1v) is 9.34. The van der Waals surface area contributed by atoms with Crippen LogP contribution in [0.3, 0.4) is 0 Å². The minimum Gasteiger partial charge on any atom is -0.316 e. The number of hydrogen-bond donors (Lipinski definition) is 1. The van der Waals surface area contributed by atoms with Crippen molar-refractivity contribution in [3.05, 3.63) is 33.7 Å². The maximum absolute atomic E-state index is 12.9. The van der Waals surface area contributed by atoms with Crippen molar-refractivity contribution < 1.29 is 13.2 Å². The molecule has 0 saturated carbocycles. The van der Waals surface area contributed by atoms with Crippen LogP contribution in [0.15, 0.2) is 16.9 Å². The van der Waals surface area contributed by atoms with Crippen LogP contribution in [-0.4, -0.2) is 66.4 Å². The van der Waals surface area contributed by atoms with Gasteiger partial charge >= 0.3 is 6.18 Å². The lowest BCUT2D eigenvalue weighted by molar-refractivity contribution is -0.149. The average Bonchev–Trinajstić information content (AvgIpc) is 2.59. The van der Waals surface area contributed by atoms with Crippen molar-refractivity contribution in [3.63, 3.8) is 0 Å². The second-order valence-corrected chi connectivity index (χ2v) is 7.82. The lowest BCUT2D eigenvalue weighted by Gasteiger charge is -2.38. The summed E-state index contributed by atoms with van der Waals surface area (Å²) in [5.41, 5.74) is 1.96. The highest BCUT2D eigenvalue weighted by molar-refractivity contribution is 5.22. The molecule has 4 rings (SSSR count). The highest BCUT2D eigenvalue weighted by Crippen LogP contribution is 2.31. The number of hydrogen-bond acceptors (Lipinski definition) is 4. The fraction of sp³-hybridized carbons (Fsp3) is 0.722. The van der Waals surface area contributed by atoms with Crippen LogP contribution in [0.2, 0.25) is 0 Å². The molecular weight excluding hydrogens is 345 g/mol. The fourth-order valence-electron chi connectivity index (χ4n) is 4.56. The number of fused-ring (bicyclic) bond motifs is 4.